The number of carboxylic acid groups (broad SMARTS) is 1. The molecule has 0 aliphatic heterocycles. The third-order valence-corrected chi connectivity index (χ3v) is 7.57. The lowest BCUT2D eigenvalue weighted by atomic mass is 9.90. The average Bonchev–Trinajstić information content (AvgIpc) is 2.93. The van der Waals surface area contributed by atoms with Crippen LogP contribution >= 0.6 is 27.5 Å². The van der Waals surface area contributed by atoms with E-state index in [0.717, 1.165) is 27.6 Å². The zero-order chi connectivity index (χ0) is 27.8. The maximum Gasteiger partial charge on any atom is 0.323 e. The number of nitrogens with zero attached hydrogens (tertiary/aromatic N) is 1. The molecule has 39 heavy (non-hydrogen) atoms. The van der Waals surface area contributed by atoms with Crippen LogP contribution in [0.1, 0.15) is 35.6 Å². The highest BCUT2D eigenvalue weighted by atomic mass is 79.9. The van der Waals surface area contributed by atoms with Gasteiger partial charge in [0.1, 0.15) is 30.8 Å². The Labute approximate surface area is 241 Å². The summed E-state index contributed by atoms with van der Waals surface area (Å²) in [7, 11) is 0. The van der Waals surface area contributed by atoms with E-state index in [9.17, 15) is 15.0 Å². The van der Waals surface area contributed by atoms with Gasteiger partial charge in [-0.2, -0.15) is 0 Å². The van der Waals surface area contributed by atoms with E-state index in [-0.39, 0.29) is 19.8 Å². The molecule has 2 aromatic carbocycles. The number of pyridine rings is 1. The highest BCUT2D eigenvalue weighted by Crippen LogP contribution is 2.36. The number of allylic oxidation sites excluding steroid dienone is 4. The Kier molecular flexibility index (Phi) is 10.2. The third-order valence-electron chi connectivity index (χ3n) is 6.34. The lowest BCUT2D eigenvalue weighted by Crippen LogP contribution is -2.39. The van der Waals surface area contributed by atoms with Crippen molar-refractivity contribution in [1.82, 2.24) is 10.3 Å². The average molecular weight is 614 g/mol. The summed E-state index contributed by atoms with van der Waals surface area (Å²) >= 11 is 10.4. The molecule has 0 saturated carbocycles. The van der Waals surface area contributed by atoms with Gasteiger partial charge >= 0.3 is 5.97 Å². The molecule has 4 rings (SSSR count). The molecule has 7 nitrogen and oxygen atoms in total. The van der Waals surface area contributed by atoms with E-state index in [1.54, 1.807) is 24.5 Å². The molecule has 3 aromatic rings. The fraction of sp³-hybridized carbons (Fsp3) is 0.267. The molecular weight excluding hydrogens is 584 g/mol. The van der Waals surface area contributed by atoms with Gasteiger partial charge in [-0.25, -0.2) is 0 Å². The molecular formula is C30H30BrClN2O5. The van der Waals surface area contributed by atoms with Crippen LogP contribution in [0.25, 0.3) is 5.57 Å². The van der Waals surface area contributed by atoms with Crippen molar-refractivity contribution in [2.75, 3.05) is 6.61 Å². The van der Waals surface area contributed by atoms with Crippen molar-refractivity contribution in [3.63, 3.8) is 0 Å². The van der Waals surface area contributed by atoms with E-state index in [4.69, 9.17) is 21.1 Å². The van der Waals surface area contributed by atoms with Crippen LogP contribution < -0.4 is 14.8 Å². The summed E-state index contributed by atoms with van der Waals surface area (Å²) in [5.41, 5.74) is 4.88. The predicted octanol–water partition coefficient (Wildman–Crippen LogP) is 6.17. The summed E-state index contributed by atoms with van der Waals surface area (Å²) in [6.45, 7) is 2.30. The van der Waals surface area contributed by atoms with Gasteiger partial charge in [0.2, 0.25) is 0 Å². The highest BCUT2D eigenvalue weighted by Gasteiger charge is 2.19. The van der Waals surface area contributed by atoms with Gasteiger partial charge in [0.05, 0.1) is 11.6 Å². The summed E-state index contributed by atoms with van der Waals surface area (Å²) in [5, 5.41) is 21.8. The first-order valence-corrected chi connectivity index (χ1v) is 13.7. The number of hydrogen-bond donors (Lipinski definition) is 3. The molecule has 1 heterocycles. The second-order valence-corrected chi connectivity index (χ2v) is 10.5. The lowest BCUT2D eigenvalue weighted by molar-refractivity contribution is -0.140. The normalized spacial score (nSPS) is 15.5. The smallest absolute Gasteiger partial charge is 0.323 e. The number of aliphatic carboxylic acids is 1. The fourth-order valence-corrected chi connectivity index (χ4v) is 5.08. The van der Waals surface area contributed by atoms with E-state index >= 15 is 0 Å². The van der Waals surface area contributed by atoms with Gasteiger partial charge in [0.25, 0.3) is 0 Å². The number of halogens is 2. The number of aromatic nitrogens is 1. The molecule has 0 spiro atoms. The fourth-order valence-electron chi connectivity index (χ4n) is 4.21. The van der Waals surface area contributed by atoms with Crippen LogP contribution in [0.2, 0.25) is 5.02 Å². The minimum absolute atomic E-state index is 0.121. The van der Waals surface area contributed by atoms with Crippen molar-refractivity contribution in [2.24, 2.45) is 5.92 Å². The molecule has 1 aromatic heterocycles. The Bertz CT molecular complexity index is 1360. The summed E-state index contributed by atoms with van der Waals surface area (Å²) in [5.74, 6) is 0.249. The van der Waals surface area contributed by atoms with Crippen molar-refractivity contribution in [2.45, 2.75) is 39.1 Å². The van der Waals surface area contributed by atoms with Crippen molar-refractivity contribution in [1.29, 1.82) is 0 Å². The number of nitrogens with one attached hydrogen (secondary N) is 1. The monoisotopic (exact) mass is 612 g/mol. The number of ether oxygens (including phenoxy) is 2. The number of aliphatic hydroxyl groups is 1. The van der Waals surface area contributed by atoms with E-state index in [1.807, 2.05) is 24.3 Å². The predicted molar refractivity (Wildman–Crippen MR) is 155 cm³/mol. The first kappa shape index (κ1) is 28.8. The first-order valence-electron chi connectivity index (χ1n) is 12.5. The Hall–Kier alpha value is -3.17. The largest absolute Gasteiger partial charge is 0.488 e. The van der Waals surface area contributed by atoms with Gasteiger partial charge in [-0.3, -0.25) is 15.1 Å². The van der Waals surface area contributed by atoms with Crippen LogP contribution in [-0.2, 0) is 24.6 Å². The minimum atomic E-state index is -1.15. The van der Waals surface area contributed by atoms with Gasteiger partial charge in [-0.05, 0) is 51.5 Å². The van der Waals surface area contributed by atoms with E-state index in [0.29, 0.717) is 28.0 Å². The number of aliphatic hydroxyl groups excluding tert-OH is 1. The van der Waals surface area contributed by atoms with Gasteiger partial charge in [-0.1, -0.05) is 61.0 Å². The Balaban J connectivity index is 1.55. The van der Waals surface area contributed by atoms with Crippen molar-refractivity contribution >= 4 is 39.1 Å². The molecule has 0 amide bonds. The Morgan fingerprint density at radius 2 is 2.00 bits per heavy atom. The lowest BCUT2D eigenvalue weighted by Gasteiger charge is -2.19. The molecule has 1 unspecified atom stereocenters. The van der Waals surface area contributed by atoms with Crippen LogP contribution in [0.15, 0.2) is 77.6 Å². The van der Waals surface area contributed by atoms with Crippen LogP contribution in [-0.4, -0.2) is 33.8 Å². The molecule has 204 valence electrons. The van der Waals surface area contributed by atoms with Crippen LogP contribution in [0.5, 0.6) is 11.5 Å². The van der Waals surface area contributed by atoms with Gasteiger partial charge in [-0.15, -0.1) is 0 Å². The number of benzene rings is 2. The molecule has 9 heteroatoms. The SMILES string of the molecule is CC1C=CC=C(c2cccc(COc3cc(OCc4cccnc4)c(CN[C@H](CO)C(=O)O)cc3Cl)c2Br)C1. The Morgan fingerprint density at radius 1 is 1.18 bits per heavy atom. The highest BCUT2D eigenvalue weighted by molar-refractivity contribution is 9.10. The zero-order valence-corrected chi connectivity index (χ0v) is 23.8. The second-order valence-electron chi connectivity index (χ2n) is 9.32. The number of carboxylic acids is 1. The molecule has 0 saturated heterocycles. The Morgan fingerprint density at radius 3 is 2.72 bits per heavy atom. The molecule has 3 N–H and O–H groups in total. The minimum Gasteiger partial charge on any atom is -0.488 e. The molecule has 0 radical (unpaired) electrons. The van der Waals surface area contributed by atoms with E-state index < -0.39 is 18.6 Å². The summed E-state index contributed by atoms with van der Waals surface area (Å²) in [6.07, 6.45) is 10.8. The molecule has 0 bridgehead atoms. The quantitative estimate of drug-likeness (QED) is 0.225. The molecule has 0 fully saturated rings. The third kappa shape index (κ3) is 7.70. The van der Waals surface area contributed by atoms with Crippen molar-refractivity contribution in [3.05, 3.63) is 105 Å². The summed E-state index contributed by atoms with van der Waals surface area (Å²) < 4.78 is 13.2. The van der Waals surface area contributed by atoms with Gasteiger partial charge < -0.3 is 19.7 Å². The summed E-state index contributed by atoms with van der Waals surface area (Å²) in [4.78, 5) is 15.5. The van der Waals surface area contributed by atoms with Crippen LogP contribution in [0.3, 0.4) is 0 Å². The van der Waals surface area contributed by atoms with E-state index in [1.165, 1.54) is 5.57 Å². The van der Waals surface area contributed by atoms with Gasteiger partial charge in [0.15, 0.2) is 0 Å². The summed E-state index contributed by atoms with van der Waals surface area (Å²) in [6, 6.07) is 12.1. The first-order chi connectivity index (χ1) is 18.9. The molecule has 1 aliphatic rings. The number of carbonyl (C=O) groups is 1. The van der Waals surface area contributed by atoms with Crippen molar-refractivity contribution in [3.8, 4) is 11.5 Å². The maximum atomic E-state index is 11.3. The second kappa shape index (κ2) is 13.8. The number of rotatable bonds is 12. The van der Waals surface area contributed by atoms with Crippen LogP contribution in [0, 0.1) is 5.92 Å². The number of hydrogen-bond acceptors (Lipinski definition) is 6. The van der Waals surface area contributed by atoms with Gasteiger partial charge in [0, 0.05) is 46.2 Å². The van der Waals surface area contributed by atoms with Crippen molar-refractivity contribution < 1.29 is 24.5 Å². The maximum absolute atomic E-state index is 11.3. The molecule has 2 atom stereocenters. The zero-order valence-electron chi connectivity index (χ0n) is 21.4. The van der Waals surface area contributed by atoms with E-state index in [2.05, 4.69) is 57.4 Å². The topological polar surface area (TPSA) is 101 Å². The van der Waals surface area contributed by atoms with Crippen LogP contribution in [0.4, 0.5) is 0 Å². The standard InChI is InChI=1S/C30H30BrClN2O5/c1-19-5-2-7-21(11-19)24-9-3-8-22(29(24)31)18-39-28-13-27(38-17-20-6-4-10-33-14-20)23(12-25(28)32)15-34-26(16-35)30(36)37/h2-10,12-14,19,26,34-35H,11,15-18H2,1H3,(H,36,37)/t19?,26-/m1/s1. The molecule has 1 aliphatic carbocycles.